The molecule has 96 valence electrons. The zero-order valence-electron chi connectivity index (χ0n) is 10.9. The lowest BCUT2D eigenvalue weighted by atomic mass is 9.95. The first-order valence-electron chi connectivity index (χ1n) is 6.15. The summed E-state index contributed by atoms with van der Waals surface area (Å²) < 4.78 is 10.6. The van der Waals surface area contributed by atoms with Crippen LogP contribution in [-0.2, 0) is 9.47 Å². The van der Waals surface area contributed by atoms with Crippen LogP contribution in [0.3, 0.4) is 0 Å². The number of rotatable bonds is 7. The highest BCUT2D eigenvalue weighted by molar-refractivity contribution is 4.94. The molecule has 1 aliphatic heterocycles. The Labute approximate surface area is 99.1 Å². The highest BCUT2D eigenvalue weighted by Gasteiger charge is 2.38. The fourth-order valence-corrected chi connectivity index (χ4v) is 2.65. The van der Waals surface area contributed by atoms with Gasteiger partial charge in [0, 0.05) is 27.3 Å². The van der Waals surface area contributed by atoms with Gasteiger partial charge in [0.05, 0.1) is 18.8 Å². The van der Waals surface area contributed by atoms with E-state index in [1.807, 2.05) is 0 Å². The fraction of sp³-hybridized carbons (Fsp3) is 1.00. The van der Waals surface area contributed by atoms with Crippen LogP contribution in [0.1, 0.15) is 19.8 Å². The monoisotopic (exact) mass is 230 g/mol. The quantitative estimate of drug-likeness (QED) is 0.700. The maximum Gasteiger partial charge on any atom is 0.0658 e. The number of methoxy groups -OCH3 is 2. The van der Waals surface area contributed by atoms with E-state index in [0.29, 0.717) is 12.5 Å². The van der Waals surface area contributed by atoms with Crippen molar-refractivity contribution >= 4 is 0 Å². The van der Waals surface area contributed by atoms with Crippen molar-refractivity contribution in [2.45, 2.75) is 25.3 Å². The van der Waals surface area contributed by atoms with Crippen molar-refractivity contribution in [3.63, 3.8) is 0 Å². The van der Waals surface area contributed by atoms with E-state index < -0.39 is 0 Å². The largest absolute Gasteiger partial charge is 0.384 e. The predicted molar refractivity (Wildman–Crippen MR) is 65.5 cm³/mol. The van der Waals surface area contributed by atoms with Crippen LogP contribution in [0, 0.1) is 5.92 Å². The number of nitrogens with zero attached hydrogens (tertiary/aromatic N) is 1. The topological polar surface area (TPSA) is 47.7 Å². The minimum atomic E-state index is 0.0250. The number of hydrogen-bond donors (Lipinski definition) is 1. The van der Waals surface area contributed by atoms with Crippen LogP contribution >= 0.6 is 0 Å². The zero-order chi connectivity index (χ0) is 12.0. The van der Waals surface area contributed by atoms with Gasteiger partial charge >= 0.3 is 0 Å². The molecule has 0 aromatic heterocycles. The molecule has 0 radical (unpaired) electrons. The predicted octanol–water partition coefficient (Wildman–Crippen LogP) is 0.709. The molecule has 1 aliphatic rings. The number of likely N-dealkylation sites (tertiary alicyclic amines) is 1. The van der Waals surface area contributed by atoms with Gasteiger partial charge in [-0.3, -0.25) is 4.90 Å². The Balaban J connectivity index is 2.59. The van der Waals surface area contributed by atoms with E-state index >= 15 is 0 Å². The van der Waals surface area contributed by atoms with E-state index in [0.717, 1.165) is 32.7 Å². The molecular formula is C12H26N2O2. The Kier molecular flexibility index (Phi) is 5.69. The molecule has 0 aromatic carbocycles. The number of ether oxygens (including phenoxy) is 2. The third-order valence-corrected chi connectivity index (χ3v) is 3.81. The zero-order valence-corrected chi connectivity index (χ0v) is 10.9. The molecule has 4 heteroatoms. The van der Waals surface area contributed by atoms with Gasteiger partial charge in [-0.15, -0.1) is 0 Å². The van der Waals surface area contributed by atoms with Gasteiger partial charge in [-0.25, -0.2) is 0 Å². The lowest BCUT2D eigenvalue weighted by molar-refractivity contribution is 0.0216. The van der Waals surface area contributed by atoms with Crippen molar-refractivity contribution in [1.29, 1.82) is 0 Å². The molecule has 1 rings (SSSR count). The molecule has 2 N–H and O–H groups in total. The number of hydrogen-bond acceptors (Lipinski definition) is 4. The summed E-state index contributed by atoms with van der Waals surface area (Å²) in [6, 6.07) is 0. The lowest BCUT2D eigenvalue weighted by Gasteiger charge is -2.40. The van der Waals surface area contributed by atoms with Gasteiger partial charge in [0.1, 0.15) is 0 Å². The molecule has 1 fully saturated rings. The molecule has 2 unspecified atom stereocenters. The summed E-state index contributed by atoms with van der Waals surface area (Å²) in [6.45, 7) is 6.63. The van der Waals surface area contributed by atoms with Crippen LogP contribution in [0.5, 0.6) is 0 Å². The average Bonchev–Trinajstić information content (AvgIpc) is 2.76. The summed E-state index contributed by atoms with van der Waals surface area (Å²) in [6.07, 6.45) is 2.25. The molecule has 0 amide bonds. The van der Waals surface area contributed by atoms with Crippen LogP contribution in [0.15, 0.2) is 0 Å². The van der Waals surface area contributed by atoms with E-state index in [4.69, 9.17) is 15.2 Å². The molecule has 0 aliphatic carbocycles. The first kappa shape index (κ1) is 13.9. The highest BCUT2D eigenvalue weighted by Crippen LogP contribution is 2.27. The minimum absolute atomic E-state index is 0.0250. The SMILES string of the molecule is CCC(CN)(COC)N1CCC(COC)C1. The highest BCUT2D eigenvalue weighted by atomic mass is 16.5. The number of nitrogens with two attached hydrogens (primary N) is 1. The van der Waals surface area contributed by atoms with Crippen molar-refractivity contribution in [3.8, 4) is 0 Å². The van der Waals surface area contributed by atoms with Crippen LogP contribution in [0.25, 0.3) is 0 Å². The van der Waals surface area contributed by atoms with Gasteiger partial charge < -0.3 is 15.2 Å². The fourth-order valence-electron chi connectivity index (χ4n) is 2.65. The molecule has 0 spiro atoms. The molecular weight excluding hydrogens is 204 g/mol. The van der Waals surface area contributed by atoms with Crippen LogP contribution in [0.4, 0.5) is 0 Å². The molecule has 4 nitrogen and oxygen atoms in total. The summed E-state index contributed by atoms with van der Waals surface area (Å²) in [5, 5.41) is 0. The Morgan fingerprint density at radius 1 is 1.38 bits per heavy atom. The van der Waals surface area contributed by atoms with Crippen LogP contribution in [-0.4, -0.2) is 57.5 Å². The van der Waals surface area contributed by atoms with Gasteiger partial charge in [-0.2, -0.15) is 0 Å². The minimum Gasteiger partial charge on any atom is -0.384 e. The third-order valence-electron chi connectivity index (χ3n) is 3.81. The molecule has 16 heavy (non-hydrogen) atoms. The van der Waals surface area contributed by atoms with E-state index in [9.17, 15) is 0 Å². The first-order chi connectivity index (χ1) is 7.72. The van der Waals surface area contributed by atoms with Crippen LogP contribution in [0.2, 0.25) is 0 Å². The van der Waals surface area contributed by atoms with Gasteiger partial charge in [0.15, 0.2) is 0 Å². The lowest BCUT2D eigenvalue weighted by Crippen LogP contribution is -2.55. The van der Waals surface area contributed by atoms with Gasteiger partial charge in [-0.1, -0.05) is 6.92 Å². The smallest absolute Gasteiger partial charge is 0.0658 e. The van der Waals surface area contributed by atoms with E-state index in [-0.39, 0.29) is 5.54 Å². The molecule has 0 bridgehead atoms. The Morgan fingerprint density at radius 3 is 2.62 bits per heavy atom. The Hall–Kier alpha value is -0.160. The summed E-state index contributed by atoms with van der Waals surface area (Å²) in [7, 11) is 3.52. The molecule has 1 heterocycles. The molecule has 0 aromatic rings. The van der Waals surface area contributed by atoms with E-state index in [2.05, 4.69) is 11.8 Å². The maximum atomic E-state index is 5.95. The van der Waals surface area contributed by atoms with Crippen molar-refractivity contribution < 1.29 is 9.47 Å². The maximum absolute atomic E-state index is 5.95. The van der Waals surface area contributed by atoms with Crippen LogP contribution < -0.4 is 5.73 Å². The van der Waals surface area contributed by atoms with Crippen molar-refractivity contribution in [3.05, 3.63) is 0 Å². The van der Waals surface area contributed by atoms with Gasteiger partial charge in [-0.05, 0) is 25.3 Å². The summed E-state index contributed by atoms with van der Waals surface area (Å²) in [4.78, 5) is 2.49. The molecule has 0 saturated carbocycles. The summed E-state index contributed by atoms with van der Waals surface area (Å²) in [5.41, 5.74) is 5.98. The van der Waals surface area contributed by atoms with Crippen molar-refractivity contribution in [2.75, 3.05) is 47.1 Å². The standard InChI is InChI=1S/C12H26N2O2/c1-4-12(9-13,10-16-3)14-6-5-11(7-14)8-15-2/h11H,4-10,13H2,1-3H3. The average molecular weight is 230 g/mol. The summed E-state index contributed by atoms with van der Waals surface area (Å²) >= 11 is 0. The second-order valence-corrected chi connectivity index (χ2v) is 4.77. The first-order valence-corrected chi connectivity index (χ1v) is 6.15. The second kappa shape index (κ2) is 6.55. The van der Waals surface area contributed by atoms with E-state index in [1.165, 1.54) is 6.42 Å². The third kappa shape index (κ3) is 2.94. The van der Waals surface area contributed by atoms with Gasteiger partial charge in [0.25, 0.3) is 0 Å². The van der Waals surface area contributed by atoms with E-state index in [1.54, 1.807) is 14.2 Å². The van der Waals surface area contributed by atoms with Crippen molar-refractivity contribution in [2.24, 2.45) is 11.7 Å². The Morgan fingerprint density at radius 2 is 2.12 bits per heavy atom. The molecule has 1 saturated heterocycles. The summed E-state index contributed by atoms with van der Waals surface area (Å²) in [5.74, 6) is 0.652. The second-order valence-electron chi connectivity index (χ2n) is 4.77. The normalized spacial score (nSPS) is 25.9. The molecule has 2 atom stereocenters. The van der Waals surface area contributed by atoms with Gasteiger partial charge in [0.2, 0.25) is 0 Å². The Bertz CT molecular complexity index is 195. The van der Waals surface area contributed by atoms with Crippen molar-refractivity contribution in [1.82, 2.24) is 4.90 Å².